The van der Waals surface area contributed by atoms with E-state index in [9.17, 15) is 14.7 Å². The van der Waals surface area contributed by atoms with Gasteiger partial charge in [-0.15, -0.1) is 0 Å². The molecule has 1 heterocycles. The van der Waals surface area contributed by atoms with Crippen molar-refractivity contribution in [3.63, 3.8) is 0 Å². The predicted octanol–water partition coefficient (Wildman–Crippen LogP) is 4.97. The first-order chi connectivity index (χ1) is 14.5. The second kappa shape index (κ2) is 8.05. The van der Waals surface area contributed by atoms with E-state index >= 15 is 0 Å². The maximum absolute atomic E-state index is 13.1. The highest BCUT2D eigenvalue weighted by atomic mass is 35.5. The van der Waals surface area contributed by atoms with E-state index in [-0.39, 0.29) is 11.3 Å². The highest BCUT2D eigenvalue weighted by molar-refractivity contribution is 6.51. The van der Waals surface area contributed by atoms with Crippen LogP contribution in [0.5, 0.6) is 5.75 Å². The fourth-order valence-electron chi connectivity index (χ4n) is 3.64. The van der Waals surface area contributed by atoms with Gasteiger partial charge in [0.15, 0.2) is 0 Å². The Bertz CT molecular complexity index is 1140. The predicted molar refractivity (Wildman–Crippen MR) is 116 cm³/mol. The molecule has 0 bridgehead atoms. The molecule has 0 spiro atoms. The molecule has 1 amide bonds. The molecule has 0 aliphatic carbocycles. The number of anilines is 1. The summed E-state index contributed by atoms with van der Waals surface area (Å²) in [5, 5.41) is 11.6. The Kier molecular flexibility index (Phi) is 5.29. The first kappa shape index (κ1) is 19.7. The van der Waals surface area contributed by atoms with E-state index in [4.69, 9.17) is 16.3 Å². The van der Waals surface area contributed by atoms with Crippen LogP contribution in [0.15, 0.2) is 84.4 Å². The molecular formula is C24H18ClNO4. The lowest BCUT2D eigenvalue weighted by atomic mass is 9.94. The van der Waals surface area contributed by atoms with Crippen molar-refractivity contribution in [2.75, 3.05) is 12.0 Å². The largest absolute Gasteiger partial charge is 0.507 e. The Morgan fingerprint density at radius 1 is 0.933 bits per heavy atom. The number of nitrogens with zero attached hydrogens (tertiary/aromatic N) is 1. The van der Waals surface area contributed by atoms with E-state index in [2.05, 4.69) is 0 Å². The van der Waals surface area contributed by atoms with Gasteiger partial charge in [-0.25, -0.2) is 0 Å². The molecular weight excluding hydrogens is 402 g/mol. The number of rotatable bonds is 4. The summed E-state index contributed by atoms with van der Waals surface area (Å²) < 4.78 is 5.49. The van der Waals surface area contributed by atoms with E-state index in [1.807, 2.05) is 6.07 Å². The topological polar surface area (TPSA) is 66.8 Å². The van der Waals surface area contributed by atoms with Gasteiger partial charge in [-0.3, -0.25) is 14.5 Å². The molecule has 150 valence electrons. The third-order valence-corrected chi connectivity index (χ3v) is 5.28. The summed E-state index contributed by atoms with van der Waals surface area (Å²) in [5.41, 5.74) is 1.53. The summed E-state index contributed by atoms with van der Waals surface area (Å²) in [6.45, 7) is 0. The molecule has 1 fully saturated rings. The molecule has 30 heavy (non-hydrogen) atoms. The molecule has 0 aromatic heterocycles. The maximum Gasteiger partial charge on any atom is 0.300 e. The Labute approximate surface area is 178 Å². The molecule has 1 aliphatic rings. The van der Waals surface area contributed by atoms with E-state index < -0.39 is 17.7 Å². The normalized spacial score (nSPS) is 17.9. The summed E-state index contributed by atoms with van der Waals surface area (Å²) in [7, 11) is 1.52. The third-order valence-electron chi connectivity index (χ3n) is 5.03. The Morgan fingerprint density at radius 3 is 2.23 bits per heavy atom. The fraction of sp³-hybridized carbons (Fsp3) is 0.0833. The van der Waals surface area contributed by atoms with Crippen molar-refractivity contribution in [2.45, 2.75) is 6.04 Å². The number of benzene rings is 3. The zero-order valence-corrected chi connectivity index (χ0v) is 16.8. The lowest BCUT2D eigenvalue weighted by Gasteiger charge is -2.26. The van der Waals surface area contributed by atoms with Gasteiger partial charge < -0.3 is 9.84 Å². The smallest absolute Gasteiger partial charge is 0.300 e. The van der Waals surface area contributed by atoms with Crippen LogP contribution in [0.2, 0.25) is 5.02 Å². The van der Waals surface area contributed by atoms with Gasteiger partial charge in [-0.05, 0) is 42.5 Å². The summed E-state index contributed by atoms with van der Waals surface area (Å²) in [4.78, 5) is 27.5. The number of methoxy groups -OCH3 is 1. The lowest BCUT2D eigenvalue weighted by molar-refractivity contribution is -0.132. The number of halogens is 1. The molecule has 0 saturated carbocycles. The number of carbonyl (C=O) groups is 2. The second-order valence-electron chi connectivity index (χ2n) is 6.75. The second-order valence-corrected chi connectivity index (χ2v) is 7.19. The molecule has 1 aliphatic heterocycles. The Morgan fingerprint density at radius 2 is 1.57 bits per heavy atom. The van der Waals surface area contributed by atoms with Crippen molar-refractivity contribution < 1.29 is 19.4 Å². The van der Waals surface area contributed by atoms with Crippen LogP contribution in [-0.4, -0.2) is 23.9 Å². The first-order valence-corrected chi connectivity index (χ1v) is 9.65. The zero-order valence-electron chi connectivity index (χ0n) is 16.1. The molecule has 1 N–H and O–H groups in total. The molecule has 4 rings (SSSR count). The number of hydrogen-bond donors (Lipinski definition) is 1. The van der Waals surface area contributed by atoms with Gasteiger partial charge in [-0.1, -0.05) is 48.0 Å². The summed E-state index contributed by atoms with van der Waals surface area (Å²) in [6.07, 6.45) is 0. The number of Topliss-reactive ketones (excluding diaryl/α,β-unsaturated/α-hetero) is 1. The van der Waals surface area contributed by atoms with Crippen molar-refractivity contribution in [1.82, 2.24) is 0 Å². The quantitative estimate of drug-likeness (QED) is 0.368. The minimum Gasteiger partial charge on any atom is -0.507 e. The van der Waals surface area contributed by atoms with Crippen molar-refractivity contribution >= 4 is 34.7 Å². The van der Waals surface area contributed by atoms with Crippen LogP contribution in [0, 0.1) is 0 Å². The van der Waals surface area contributed by atoms with Crippen molar-refractivity contribution in [3.05, 3.63) is 101 Å². The van der Waals surface area contributed by atoms with Gasteiger partial charge in [0.2, 0.25) is 0 Å². The Balaban J connectivity index is 1.98. The number of carbonyl (C=O) groups excluding carboxylic acids is 2. The van der Waals surface area contributed by atoms with E-state index in [1.165, 1.54) is 12.0 Å². The molecule has 3 aromatic carbocycles. The molecule has 5 nitrogen and oxygen atoms in total. The first-order valence-electron chi connectivity index (χ1n) is 9.28. The molecule has 3 aromatic rings. The monoisotopic (exact) mass is 419 g/mol. The van der Waals surface area contributed by atoms with Gasteiger partial charge >= 0.3 is 0 Å². The zero-order chi connectivity index (χ0) is 21.3. The van der Waals surface area contributed by atoms with Crippen LogP contribution in [0.25, 0.3) is 5.76 Å². The summed E-state index contributed by atoms with van der Waals surface area (Å²) >= 11 is 5.95. The van der Waals surface area contributed by atoms with E-state index in [0.29, 0.717) is 27.6 Å². The van der Waals surface area contributed by atoms with E-state index in [0.717, 1.165) is 0 Å². The van der Waals surface area contributed by atoms with Crippen LogP contribution in [0.1, 0.15) is 17.2 Å². The van der Waals surface area contributed by atoms with Gasteiger partial charge in [-0.2, -0.15) is 0 Å². The number of ether oxygens (including phenoxy) is 1. The standard InChI is InChI=1S/C24H18ClNO4/c1-30-19-10-6-5-9-18(19)21-20(22(27)15-11-13-16(25)14-12-15)23(28)24(29)26(21)17-7-3-2-4-8-17/h2-14,21,27H,1H3/b22-20+. The van der Waals surface area contributed by atoms with Crippen LogP contribution >= 0.6 is 11.6 Å². The van der Waals surface area contributed by atoms with Gasteiger partial charge in [0.05, 0.1) is 18.7 Å². The SMILES string of the molecule is COc1ccccc1C1/C(=C(\O)c2ccc(Cl)cc2)C(=O)C(=O)N1c1ccccc1. The average Bonchev–Trinajstić information content (AvgIpc) is 3.04. The molecule has 1 saturated heterocycles. The summed E-state index contributed by atoms with van der Waals surface area (Å²) in [6, 6.07) is 21.6. The highest BCUT2D eigenvalue weighted by Gasteiger charge is 2.47. The van der Waals surface area contributed by atoms with Crippen molar-refractivity contribution in [3.8, 4) is 5.75 Å². The van der Waals surface area contributed by atoms with E-state index in [1.54, 1.807) is 72.8 Å². The molecule has 1 atom stereocenters. The molecule has 1 unspecified atom stereocenters. The van der Waals surface area contributed by atoms with Crippen molar-refractivity contribution in [2.24, 2.45) is 0 Å². The summed E-state index contributed by atoms with van der Waals surface area (Å²) in [5.74, 6) is -1.23. The van der Waals surface area contributed by atoms with Crippen LogP contribution in [0.4, 0.5) is 5.69 Å². The third kappa shape index (κ3) is 3.33. The van der Waals surface area contributed by atoms with Gasteiger partial charge in [0.25, 0.3) is 11.7 Å². The van der Waals surface area contributed by atoms with Crippen LogP contribution in [0.3, 0.4) is 0 Å². The number of aliphatic hydroxyl groups excluding tert-OH is 1. The van der Waals surface area contributed by atoms with Gasteiger partial charge in [0, 0.05) is 21.8 Å². The number of amides is 1. The molecule has 6 heteroatoms. The number of hydrogen-bond acceptors (Lipinski definition) is 4. The lowest BCUT2D eigenvalue weighted by Crippen LogP contribution is -2.29. The number of ketones is 1. The van der Waals surface area contributed by atoms with Crippen molar-refractivity contribution in [1.29, 1.82) is 0 Å². The number of aliphatic hydroxyl groups is 1. The average molecular weight is 420 g/mol. The maximum atomic E-state index is 13.1. The van der Waals surface area contributed by atoms with Crippen LogP contribution < -0.4 is 9.64 Å². The minimum atomic E-state index is -0.848. The Hall–Kier alpha value is -3.57. The highest BCUT2D eigenvalue weighted by Crippen LogP contribution is 2.44. The van der Waals surface area contributed by atoms with Gasteiger partial charge in [0.1, 0.15) is 11.5 Å². The minimum absolute atomic E-state index is 0.00400. The fourth-order valence-corrected chi connectivity index (χ4v) is 3.76. The molecule has 0 radical (unpaired) electrons. The van der Waals surface area contributed by atoms with Crippen LogP contribution in [-0.2, 0) is 9.59 Å². The number of para-hydroxylation sites is 2.